The van der Waals surface area contributed by atoms with E-state index in [1.165, 1.54) is 0 Å². The van der Waals surface area contributed by atoms with Crippen molar-refractivity contribution in [2.45, 2.75) is 33.1 Å². The molecule has 0 spiro atoms. The zero-order chi connectivity index (χ0) is 15.8. The summed E-state index contributed by atoms with van der Waals surface area (Å²) in [5.41, 5.74) is 3.43. The maximum atomic E-state index is 12.4. The van der Waals surface area contributed by atoms with E-state index >= 15 is 0 Å². The van der Waals surface area contributed by atoms with Gasteiger partial charge in [0, 0.05) is 24.6 Å². The van der Waals surface area contributed by atoms with E-state index in [1.807, 2.05) is 30.3 Å². The maximum Gasteiger partial charge on any atom is 0.257 e. The fourth-order valence-electron chi connectivity index (χ4n) is 2.22. The van der Waals surface area contributed by atoms with Crippen molar-refractivity contribution >= 4 is 17.3 Å². The molecule has 0 radical (unpaired) electrons. The van der Waals surface area contributed by atoms with Crippen molar-refractivity contribution in [2.75, 3.05) is 17.2 Å². The van der Waals surface area contributed by atoms with Gasteiger partial charge in [-0.05, 0) is 30.5 Å². The van der Waals surface area contributed by atoms with E-state index in [-0.39, 0.29) is 5.91 Å². The van der Waals surface area contributed by atoms with Gasteiger partial charge in [0.2, 0.25) is 0 Å². The normalized spacial score (nSPS) is 10.3. The molecule has 116 valence electrons. The molecule has 0 saturated heterocycles. The van der Waals surface area contributed by atoms with E-state index < -0.39 is 0 Å². The Hall–Kier alpha value is -2.36. The summed E-state index contributed by atoms with van der Waals surface area (Å²) >= 11 is 0. The van der Waals surface area contributed by atoms with Crippen molar-refractivity contribution in [1.29, 1.82) is 0 Å². The molecular weight excluding hydrogens is 274 g/mol. The fourth-order valence-corrected chi connectivity index (χ4v) is 2.22. The van der Waals surface area contributed by atoms with E-state index in [2.05, 4.69) is 29.5 Å². The van der Waals surface area contributed by atoms with E-state index in [0.717, 1.165) is 42.7 Å². The summed E-state index contributed by atoms with van der Waals surface area (Å²) in [5, 5.41) is 6.25. The second kappa shape index (κ2) is 8.17. The predicted molar refractivity (Wildman–Crippen MR) is 91.4 cm³/mol. The van der Waals surface area contributed by atoms with Crippen LogP contribution in [0.3, 0.4) is 0 Å². The topological polar surface area (TPSA) is 54.0 Å². The molecule has 0 aliphatic carbocycles. The standard InChI is InChI=1S/C18H23N3O/c1-3-5-10-20-16-11-15(12-19-13-16)18(22)21-17-9-7-6-8-14(17)4-2/h6-9,11-13,20H,3-5,10H2,1-2H3,(H,21,22). The summed E-state index contributed by atoms with van der Waals surface area (Å²) in [6, 6.07) is 9.70. The Bertz CT molecular complexity index is 625. The first-order valence-electron chi connectivity index (χ1n) is 7.82. The number of hydrogen-bond donors (Lipinski definition) is 2. The van der Waals surface area contributed by atoms with E-state index in [9.17, 15) is 4.79 Å². The Kier molecular flexibility index (Phi) is 5.95. The van der Waals surface area contributed by atoms with Crippen LogP contribution in [0.5, 0.6) is 0 Å². The molecule has 0 aliphatic rings. The van der Waals surface area contributed by atoms with Crippen LogP contribution in [0, 0.1) is 0 Å². The smallest absolute Gasteiger partial charge is 0.257 e. The molecule has 0 atom stereocenters. The lowest BCUT2D eigenvalue weighted by molar-refractivity contribution is 0.102. The minimum atomic E-state index is -0.132. The Labute approximate surface area is 132 Å². The number of nitrogens with one attached hydrogen (secondary N) is 2. The van der Waals surface area contributed by atoms with E-state index in [4.69, 9.17) is 0 Å². The van der Waals surface area contributed by atoms with Crippen molar-refractivity contribution in [1.82, 2.24) is 4.98 Å². The van der Waals surface area contributed by atoms with Crippen LogP contribution in [0.2, 0.25) is 0 Å². The van der Waals surface area contributed by atoms with Crippen molar-refractivity contribution < 1.29 is 4.79 Å². The van der Waals surface area contributed by atoms with Gasteiger partial charge in [0.25, 0.3) is 5.91 Å². The molecule has 22 heavy (non-hydrogen) atoms. The first kappa shape index (κ1) is 16.0. The lowest BCUT2D eigenvalue weighted by Gasteiger charge is -2.10. The number of anilines is 2. The van der Waals surface area contributed by atoms with Crippen LogP contribution in [0.15, 0.2) is 42.7 Å². The highest BCUT2D eigenvalue weighted by molar-refractivity contribution is 6.04. The number of aryl methyl sites for hydroxylation is 1. The number of pyridine rings is 1. The van der Waals surface area contributed by atoms with Crippen LogP contribution in [-0.4, -0.2) is 17.4 Å². The molecule has 2 N–H and O–H groups in total. The number of amides is 1. The fraction of sp³-hybridized carbons (Fsp3) is 0.333. The number of carbonyl (C=O) groups is 1. The zero-order valence-electron chi connectivity index (χ0n) is 13.2. The number of aromatic nitrogens is 1. The Morgan fingerprint density at radius 1 is 1.18 bits per heavy atom. The molecule has 1 aromatic heterocycles. The lowest BCUT2D eigenvalue weighted by atomic mass is 10.1. The minimum Gasteiger partial charge on any atom is -0.384 e. The molecule has 2 rings (SSSR count). The number of carbonyl (C=O) groups excluding carboxylic acids is 1. The number of benzene rings is 1. The first-order chi connectivity index (χ1) is 10.7. The van der Waals surface area contributed by atoms with Crippen molar-refractivity contribution in [3.63, 3.8) is 0 Å². The van der Waals surface area contributed by atoms with Gasteiger partial charge in [0.15, 0.2) is 0 Å². The SMILES string of the molecule is CCCCNc1cncc(C(=O)Nc2ccccc2CC)c1. The van der Waals surface area contributed by atoms with E-state index in [0.29, 0.717) is 5.56 Å². The average Bonchev–Trinajstić information content (AvgIpc) is 2.56. The number of rotatable bonds is 7. The maximum absolute atomic E-state index is 12.4. The molecule has 0 unspecified atom stereocenters. The van der Waals surface area contributed by atoms with Crippen molar-refractivity contribution in [2.24, 2.45) is 0 Å². The van der Waals surface area contributed by atoms with Gasteiger partial charge in [-0.2, -0.15) is 0 Å². The zero-order valence-corrected chi connectivity index (χ0v) is 13.2. The van der Waals surface area contributed by atoms with Crippen molar-refractivity contribution in [3.8, 4) is 0 Å². The molecule has 1 heterocycles. The van der Waals surface area contributed by atoms with Gasteiger partial charge in [-0.3, -0.25) is 9.78 Å². The third-order valence-electron chi connectivity index (χ3n) is 3.51. The highest BCUT2D eigenvalue weighted by Crippen LogP contribution is 2.17. The van der Waals surface area contributed by atoms with Crippen LogP contribution < -0.4 is 10.6 Å². The molecular formula is C18H23N3O. The summed E-state index contributed by atoms with van der Waals surface area (Å²) in [7, 11) is 0. The number of hydrogen-bond acceptors (Lipinski definition) is 3. The molecule has 0 bridgehead atoms. The van der Waals surface area contributed by atoms with Crippen LogP contribution in [0.4, 0.5) is 11.4 Å². The highest BCUT2D eigenvalue weighted by Gasteiger charge is 2.09. The quantitative estimate of drug-likeness (QED) is 0.756. The van der Waals surface area contributed by atoms with Crippen LogP contribution in [-0.2, 0) is 6.42 Å². The Morgan fingerprint density at radius 3 is 2.77 bits per heavy atom. The lowest BCUT2D eigenvalue weighted by Crippen LogP contribution is -2.14. The van der Waals surface area contributed by atoms with Gasteiger partial charge < -0.3 is 10.6 Å². The molecule has 4 nitrogen and oxygen atoms in total. The molecule has 4 heteroatoms. The highest BCUT2D eigenvalue weighted by atomic mass is 16.1. The second-order valence-electron chi connectivity index (χ2n) is 5.21. The molecule has 1 amide bonds. The number of para-hydroxylation sites is 1. The molecule has 0 aliphatic heterocycles. The van der Waals surface area contributed by atoms with Gasteiger partial charge >= 0.3 is 0 Å². The van der Waals surface area contributed by atoms with Crippen LogP contribution in [0.1, 0.15) is 42.6 Å². The number of unbranched alkanes of at least 4 members (excludes halogenated alkanes) is 1. The largest absolute Gasteiger partial charge is 0.384 e. The summed E-state index contributed by atoms with van der Waals surface area (Å²) in [6.45, 7) is 5.11. The molecule has 2 aromatic rings. The molecule has 1 aromatic carbocycles. The van der Waals surface area contributed by atoms with Gasteiger partial charge in [-0.1, -0.05) is 38.5 Å². The van der Waals surface area contributed by atoms with Gasteiger partial charge in [-0.15, -0.1) is 0 Å². The molecule has 0 saturated carbocycles. The Morgan fingerprint density at radius 2 is 2.00 bits per heavy atom. The van der Waals surface area contributed by atoms with Gasteiger partial charge in [0.1, 0.15) is 0 Å². The summed E-state index contributed by atoms with van der Waals surface area (Å²) in [6.07, 6.45) is 6.45. The summed E-state index contributed by atoms with van der Waals surface area (Å²) in [4.78, 5) is 16.5. The van der Waals surface area contributed by atoms with E-state index in [1.54, 1.807) is 12.4 Å². The van der Waals surface area contributed by atoms with Gasteiger partial charge in [0.05, 0.1) is 11.3 Å². The monoisotopic (exact) mass is 297 g/mol. The average molecular weight is 297 g/mol. The Balaban J connectivity index is 2.07. The van der Waals surface area contributed by atoms with Crippen LogP contribution >= 0.6 is 0 Å². The van der Waals surface area contributed by atoms with Gasteiger partial charge in [-0.25, -0.2) is 0 Å². The minimum absolute atomic E-state index is 0.132. The third-order valence-corrected chi connectivity index (χ3v) is 3.51. The third kappa shape index (κ3) is 4.32. The van der Waals surface area contributed by atoms with Crippen LogP contribution in [0.25, 0.3) is 0 Å². The molecule has 0 fully saturated rings. The summed E-state index contributed by atoms with van der Waals surface area (Å²) < 4.78 is 0. The second-order valence-corrected chi connectivity index (χ2v) is 5.21. The van der Waals surface area contributed by atoms with Crippen molar-refractivity contribution in [3.05, 3.63) is 53.9 Å². The predicted octanol–water partition coefficient (Wildman–Crippen LogP) is 4.11. The first-order valence-corrected chi connectivity index (χ1v) is 7.82. The summed E-state index contributed by atoms with van der Waals surface area (Å²) in [5.74, 6) is -0.132. The number of nitrogens with zero attached hydrogens (tertiary/aromatic N) is 1.